The Morgan fingerprint density at radius 3 is 2.65 bits per heavy atom. The highest BCUT2D eigenvalue weighted by molar-refractivity contribution is 7.12. The highest BCUT2D eigenvalue weighted by atomic mass is 32.1. The van der Waals surface area contributed by atoms with Crippen LogP contribution >= 0.6 is 22.7 Å². The van der Waals surface area contributed by atoms with E-state index in [4.69, 9.17) is 0 Å². The van der Waals surface area contributed by atoms with Gasteiger partial charge < -0.3 is 0 Å². The number of hydrogen-bond donors (Lipinski definition) is 0. The van der Waals surface area contributed by atoms with E-state index in [1.54, 1.807) is 23.5 Å². The molecule has 23 heavy (non-hydrogen) atoms. The molecule has 0 atom stereocenters. The molecule has 2 aromatic heterocycles. The largest absolute Gasteiger partial charge is 0.269 e. The zero-order chi connectivity index (χ0) is 16.2. The average Bonchev–Trinajstić information content (AvgIpc) is 3.24. The number of nitriles is 1. The van der Waals surface area contributed by atoms with Crippen LogP contribution in [0.1, 0.15) is 9.88 Å². The Balaban J connectivity index is 1.90. The molecule has 0 aliphatic heterocycles. The van der Waals surface area contributed by atoms with Gasteiger partial charge in [-0.25, -0.2) is 4.98 Å². The Hall–Kier alpha value is -2.82. The van der Waals surface area contributed by atoms with Crippen molar-refractivity contribution in [2.45, 2.75) is 0 Å². The second-order valence-corrected chi connectivity index (χ2v) is 6.36. The van der Waals surface area contributed by atoms with Crippen LogP contribution in [0.25, 0.3) is 22.9 Å². The number of nitro groups is 1. The molecule has 0 aliphatic carbocycles. The summed E-state index contributed by atoms with van der Waals surface area (Å²) in [5.41, 5.74) is 2.03. The summed E-state index contributed by atoms with van der Waals surface area (Å²) in [6, 6.07) is 12.2. The molecule has 0 bridgehead atoms. The lowest BCUT2D eigenvalue weighted by molar-refractivity contribution is -0.384. The maximum absolute atomic E-state index is 10.7. The zero-order valence-corrected chi connectivity index (χ0v) is 13.3. The summed E-state index contributed by atoms with van der Waals surface area (Å²) in [6.45, 7) is 0. The number of thiazole rings is 1. The average molecular weight is 339 g/mol. The monoisotopic (exact) mass is 339 g/mol. The molecule has 0 aliphatic rings. The standard InChI is InChI=1S/C16H9N3O2S2/c17-9-12(8-14-2-1-7-22-14)16-18-15(10-23-16)11-3-5-13(6-4-11)19(20)21/h1-8,10H/b12-8+. The van der Waals surface area contributed by atoms with E-state index >= 15 is 0 Å². The normalized spacial score (nSPS) is 11.2. The minimum atomic E-state index is -0.437. The zero-order valence-electron chi connectivity index (χ0n) is 11.7. The Labute approximate surface area is 139 Å². The van der Waals surface area contributed by atoms with Crippen LogP contribution < -0.4 is 0 Å². The van der Waals surface area contributed by atoms with Crippen LogP contribution in [0.15, 0.2) is 47.2 Å². The van der Waals surface area contributed by atoms with E-state index in [1.165, 1.54) is 23.5 Å². The summed E-state index contributed by atoms with van der Waals surface area (Å²) in [7, 11) is 0. The van der Waals surface area contributed by atoms with Gasteiger partial charge in [0.2, 0.25) is 0 Å². The number of nitro benzene ring substituents is 1. The first kappa shape index (κ1) is 15.1. The van der Waals surface area contributed by atoms with Gasteiger partial charge in [0, 0.05) is 28.0 Å². The molecule has 0 saturated carbocycles. The van der Waals surface area contributed by atoms with E-state index in [9.17, 15) is 15.4 Å². The van der Waals surface area contributed by atoms with Crippen molar-refractivity contribution < 1.29 is 4.92 Å². The number of aromatic nitrogens is 1. The minimum absolute atomic E-state index is 0.0412. The number of hydrogen-bond acceptors (Lipinski definition) is 6. The van der Waals surface area contributed by atoms with Gasteiger partial charge in [-0.05, 0) is 29.7 Å². The second-order valence-electron chi connectivity index (χ2n) is 4.53. The van der Waals surface area contributed by atoms with E-state index in [1.807, 2.05) is 29.0 Å². The summed E-state index contributed by atoms with van der Waals surface area (Å²) < 4.78 is 0. The number of rotatable bonds is 4. The lowest BCUT2D eigenvalue weighted by Gasteiger charge is -1.96. The van der Waals surface area contributed by atoms with Gasteiger partial charge in [-0.3, -0.25) is 10.1 Å². The molecule has 0 saturated heterocycles. The third-order valence-electron chi connectivity index (χ3n) is 3.06. The van der Waals surface area contributed by atoms with Gasteiger partial charge >= 0.3 is 0 Å². The molecule has 3 aromatic rings. The van der Waals surface area contributed by atoms with Crippen molar-refractivity contribution in [1.29, 1.82) is 5.26 Å². The number of nitrogens with zero attached hydrogens (tertiary/aromatic N) is 3. The predicted octanol–water partition coefficient (Wildman–Crippen LogP) is 4.84. The molecule has 0 amide bonds. The molecule has 5 nitrogen and oxygen atoms in total. The van der Waals surface area contributed by atoms with Crippen LogP contribution in [0.3, 0.4) is 0 Å². The van der Waals surface area contributed by atoms with Gasteiger partial charge in [0.05, 0.1) is 16.2 Å². The van der Waals surface area contributed by atoms with Gasteiger partial charge in [0.1, 0.15) is 11.1 Å². The van der Waals surface area contributed by atoms with Crippen LogP contribution in [0.2, 0.25) is 0 Å². The molecule has 2 heterocycles. The molecule has 0 radical (unpaired) electrons. The van der Waals surface area contributed by atoms with Crippen molar-refractivity contribution in [3.63, 3.8) is 0 Å². The fourth-order valence-corrected chi connectivity index (χ4v) is 3.39. The summed E-state index contributed by atoms with van der Waals surface area (Å²) >= 11 is 2.93. The maximum Gasteiger partial charge on any atom is 0.269 e. The third kappa shape index (κ3) is 3.34. The highest BCUT2D eigenvalue weighted by Crippen LogP contribution is 2.28. The maximum atomic E-state index is 10.7. The molecule has 7 heteroatoms. The minimum Gasteiger partial charge on any atom is -0.258 e. The highest BCUT2D eigenvalue weighted by Gasteiger charge is 2.11. The molecular weight excluding hydrogens is 330 g/mol. The van der Waals surface area contributed by atoms with E-state index in [2.05, 4.69) is 11.1 Å². The number of thiophene rings is 1. The lowest BCUT2D eigenvalue weighted by Crippen LogP contribution is -1.87. The predicted molar refractivity (Wildman–Crippen MR) is 92.0 cm³/mol. The first-order valence-electron chi connectivity index (χ1n) is 6.53. The summed E-state index contributed by atoms with van der Waals surface area (Å²) in [5.74, 6) is 0. The number of benzene rings is 1. The smallest absolute Gasteiger partial charge is 0.258 e. The Morgan fingerprint density at radius 2 is 2.04 bits per heavy atom. The SMILES string of the molecule is N#C/C(=C\c1cccs1)c1nc(-c2ccc([N+](=O)[O-])cc2)cs1. The van der Waals surface area contributed by atoms with Gasteiger partial charge in [-0.15, -0.1) is 22.7 Å². The van der Waals surface area contributed by atoms with E-state index < -0.39 is 4.92 Å². The van der Waals surface area contributed by atoms with Crippen LogP contribution in [0.4, 0.5) is 5.69 Å². The molecule has 0 unspecified atom stereocenters. The number of non-ortho nitro benzene ring substituents is 1. The van der Waals surface area contributed by atoms with Gasteiger partial charge in [0.25, 0.3) is 5.69 Å². The van der Waals surface area contributed by atoms with Crippen LogP contribution in [-0.2, 0) is 0 Å². The molecule has 112 valence electrons. The molecule has 1 aromatic carbocycles. The Bertz CT molecular complexity index is 904. The third-order valence-corrected chi connectivity index (χ3v) is 4.75. The van der Waals surface area contributed by atoms with Crippen LogP contribution in [-0.4, -0.2) is 9.91 Å². The molecule has 0 spiro atoms. The van der Waals surface area contributed by atoms with Gasteiger partial charge in [-0.1, -0.05) is 6.07 Å². The summed E-state index contributed by atoms with van der Waals surface area (Å²) in [4.78, 5) is 15.7. The van der Waals surface area contributed by atoms with E-state index in [-0.39, 0.29) is 5.69 Å². The second kappa shape index (κ2) is 6.52. The van der Waals surface area contributed by atoms with Crippen molar-refractivity contribution in [3.8, 4) is 17.3 Å². The van der Waals surface area contributed by atoms with Gasteiger partial charge in [-0.2, -0.15) is 5.26 Å². The Morgan fingerprint density at radius 1 is 1.26 bits per heavy atom. The molecule has 0 fully saturated rings. The Kier molecular flexibility index (Phi) is 4.28. The van der Waals surface area contributed by atoms with Crippen molar-refractivity contribution in [2.75, 3.05) is 0 Å². The van der Waals surface area contributed by atoms with Crippen LogP contribution in [0.5, 0.6) is 0 Å². The molecule has 0 N–H and O–H groups in total. The van der Waals surface area contributed by atoms with Gasteiger partial charge in [0.15, 0.2) is 0 Å². The summed E-state index contributed by atoms with van der Waals surface area (Å²) in [6.07, 6.45) is 1.81. The van der Waals surface area contributed by atoms with E-state index in [0.717, 1.165) is 10.4 Å². The first-order chi connectivity index (χ1) is 11.2. The molecule has 3 rings (SSSR count). The number of allylic oxidation sites excluding steroid dienone is 1. The van der Waals surface area contributed by atoms with Crippen molar-refractivity contribution >= 4 is 40.0 Å². The fourth-order valence-electron chi connectivity index (χ4n) is 1.94. The lowest BCUT2D eigenvalue weighted by atomic mass is 10.1. The first-order valence-corrected chi connectivity index (χ1v) is 8.29. The van der Waals surface area contributed by atoms with E-state index in [0.29, 0.717) is 16.3 Å². The van der Waals surface area contributed by atoms with Crippen molar-refractivity contribution in [1.82, 2.24) is 4.98 Å². The topological polar surface area (TPSA) is 79.8 Å². The summed E-state index contributed by atoms with van der Waals surface area (Å²) in [5, 5.41) is 24.4. The quantitative estimate of drug-likeness (QED) is 0.387. The fraction of sp³-hybridized carbons (Fsp3) is 0. The van der Waals surface area contributed by atoms with Crippen molar-refractivity contribution in [2.24, 2.45) is 0 Å². The molecular formula is C16H9N3O2S2. The van der Waals surface area contributed by atoms with Crippen LogP contribution in [0, 0.1) is 21.4 Å². The van der Waals surface area contributed by atoms with Crippen molar-refractivity contribution in [3.05, 3.63) is 67.2 Å².